The number of nitro groups is 1. The minimum Gasteiger partial charge on any atom is -0.309 e. The van der Waals surface area contributed by atoms with Crippen LogP contribution in [0.5, 0.6) is 0 Å². The van der Waals surface area contributed by atoms with E-state index in [1.165, 1.54) is 6.92 Å². The van der Waals surface area contributed by atoms with Crippen molar-refractivity contribution in [3.8, 4) is 0 Å². The summed E-state index contributed by atoms with van der Waals surface area (Å²) in [7, 11) is 0. The van der Waals surface area contributed by atoms with Gasteiger partial charge < -0.3 is 9.97 Å². The third-order valence-electron chi connectivity index (χ3n) is 2.51. The van der Waals surface area contributed by atoms with Crippen molar-refractivity contribution in [1.82, 2.24) is 15.0 Å². The molecule has 0 aliphatic rings. The van der Waals surface area contributed by atoms with Gasteiger partial charge in [0.15, 0.2) is 11.2 Å². The smallest absolute Gasteiger partial charge is 0.309 e. The number of hydrogen-bond acceptors (Lipinski definition) is 5. The van der Waals surface area contributed by atoms with Crippen molar-refractivity contribution in [2.24, 2.45) is 0 Å². The van der Waals surface area contributed by atoms with Gasteiger partial charge in [0.25, 0.3) is 0 Å². The van der Waals surface area contributed by atoms with E-state index in [1.54, 1.807) is 6.92 Å². The van der Waals surface area contributed by atoms with Crippen LogP contribution in [0.15, 0.2) is 9.59 Å². The number of aromatic amines is 2. The first-order chi connectivity index (χ1) is 7.91. The van der Waals surface area contributed by atoms with Gasteiger partial charge in [-0.1, -0.05) is 0 Å². The van der Waals surface area contributed by atoms with Crippen molar-refractivity contribution in [2.45, 2.75) is 13.8 Å². The molecule has 0 aliphatic heterocycles. The highest BCUT2D eigenvalue weighted by Crippen LogP contribution is 2.25. The zero-order valence-electron chi connectivity index (χ0n) is 9.03. The highest BCUT2D eigenvalue weighted by molar-refractivity contribution is 5.82. The van der Waals surface area contributed by atoms with Crippen LogP contribution in [0.1, 0.15) is 11.3 Å². The highest BCUT2D eigenvalue weighted by atomic mass is 16.6. The van der Waals surface area contributed by atoms with Crippen LogP contribution in [-0.4, -0.2) is 19.9 Å². The Balaban J connectivity index is 3.09. The number of fused-ring (bicyclic) bond motifs is 1. The average Bonchev–Trinajstić information content (AvgIpc) is 2.23. The molecule has 0 spiro atoms. The molecule has 0 saturated carbocycles. The maximum Gasteiger partial charge on any atom is 0.315 e. The molecule has 2 aromatic rings. The lowest BCUT2D eigenvalue weighted by Crippen LogP contribution is -2.29. The number of aryl methyl sites for hydroxylation is 1. The Bertz CT molecular complexity index is 743. The predicted molar refractivity (Wildman–Crippen MR) is 59.1 cm³/mol. The number of H-pyrrole nitrogens is 2. The van der Waals surface area contributed by atoms with E-state index in [0.717, 1.165) is 0 Å². The Morgan fingerprint density at radius 2 is 1.76 bits per heavy atom. The SMILES string of the molecule is Cc1nc2[nH]c(=O)c(=O)[nH]c2c([N+](=O)[O-])c1C. The molecule has 0 aromatic carbocycles. The number of nitrogens with one attached hydrogen (secondary N) is 2. The maximum atomic E-state index is 11.2. The summed E-state index contributed by atoms with van der Waals surface area (Å²) < 4.78 is 0. The fourth-order valence-corrected chi connectivity index (χ4v) is 1.55. The van der Waals surface area contributed by atoms with Crippen molar-refractivity contribution in [2.75, 3.05) is 0 Å². The van der Waals surface area contributed by atoms with Crippen molar-refractivity contribution in [3.63, 3.8) is 0 Å². The van der Waals surface area contributed by atoms with Gasteiger partial charge in [-0.2, -0.15) is 0 Å². The summed E-state index contributed by atoms with van der Waals surface area (Å²) in [6.07, 6.45) is 0. The summed E-state index contributed by atoms with van der Waals surface area (Å²) >= 11 is 0. The molecule has 0 radical (unpaired) electrons. The summed E-state index contributed by atoms with van der Waals surface area (Å²) in [5.41, 5.74) is -1.36. The first-order valence-corrected chi connectivity index (χ1v) is 4.69. The minimum atomic E-state index is -0.939. The number of hydrogen-bond donors (Lipinski definition) is 2. The van der Waals surface area contributed by atoms with E-state index in [1.807, 2.05) is 0 Å². The molecule has 2 N–H and O–H groups in total. The van der Waals surface area contributed by atoms with Gasteiger partial charge in [0.1, 0.15) is 0 Å². The maximum absolute atomic E-state index is 11.2. The fraction of sp³-hybridized carbons (Fsp3) is 0.222. The first kappa shape index (κ1) is 11.0. The Labute approximate surface area is 93.5 Å². The quantitative estimate of drug-likeness (QED) is 0.414. The van der Waals surface area contributed by atoms with Crippen LogP contribution in [0.2, 0.25) is 0 Å². The molecule has 0 atom stereocenters. The van der Waals surface area contributed by atoms with Crippen LogP contribution >= 0.6 is 0 Å². The topological polar surface area (TPSA) is 122 Å². The number of pyridine rings is 1. The lowest BCUT2D eigenvalue weighted by Gasteiger charge is -2.04. The fourth-order valence-electron chi connectivity index (χ4n) is 1.55. The van der Waals surface area contributed by atoms with Gasteiger partial charge in [-0.25, -0.2) is 4.98 Å². The molecule has 88 valence electrons. The van der Waals surface area contributed by atoms with Crippen LogP contribution in [0.3, 0.4) is 0 Å². The van der Waals surface area contributed by atoms with E-state index in [9.17, 15) is 19.7 Å². The van der Waals surface area contributed by atoms with Gasteiger partial charge in [0.2, 0.25) is 0 Å². The summed E-state index contributed by atoms with van der Waals surface area (Å²) in [6, 6.07) is 0. The van der Waals surface area contributed by atoms with Gasteiger partial charge in [0, 0.05) is 5.69 Å². The van der Waals surface area contributed by atoms with Gasteiger partial charge in [0.05, 0.1) is 10.5 Å². The van der Waals surface area contributed by atoms with Crippen LogP contribution in [0.4, 0.5) is 5.69 Å². The molecule has 0 aliphatic carbocycles. The standard InChI is InChI=1S/C9H8N4O4/c1-3-4(2)10-7-5(6(3)13(16)17)11-8(14)9(15)12-7/h1-2H3,(H,11,14)(H,10,12,15). The highest BCUT2D eigenvalue weighted by Gasteiger charge is 2.21. The van der Waals surface area contributed by atoms with E-state index in [4.69, 9.17) is 0 Å². The molecule has 0 fully saturated rings. The molecule has 8 heteroatoms. The van der Waals surface area contributed by atoms with E-state index >= 15 is 0 Å². The second kappa shape index (κ2) is 3.51. The number of rotatable bonds is 1. The Kier molecular flexibility index (Phi) is 2.27. The molecule has 0 amide bonds. The molecular weight excluding hydrogens is 228 g/mol. The lowest BCUT2D eigenvalue weighted by molar-refractivity contribution is -0.383. The van der Waals surface area contributed by atoms with Crippen LogP contribution in [-0.2, 0) is 0 Å². The van der Waals surface area contributed by atoms with Gasteiger partial charge in [-0.05, 0) is 13.8 Å². The normalized spacial score (nSPS) is 10.7. The zero-order valence-corrected chi connectivity index (χ0v) is 9.03. The van der Waals surface area contributed by atoms with Gasteiger partial charge >= 0.3 is 16.8 Å². The summed E-state index contributed by atoms with van der Waals surface area (Å²) in [4.78, 5) is 41.0. The molecule has 2 rings (SSSR count). The molecule has 8 nitrogen and oxygen atoms in total. The van der Waals surface area contributed by atoms with Crippen molar-refractivity contribution < 1.29 is 4.92 Å². The molecule has 0 saturated heterocycles. The molecule has 2 heterocycles. The third-order valence-corrected chi connectivity index (χ3v) is 2.51. The third kappa shape index (κ3) is 1.59. The number of nitrogens with zero attached hydrogens (tertiary/aromatic N) is 2. The van der Waals surface area contributed by atoms with Crippen LogP contribution in [0.25, 0.3) is 11.2 Å². The van der Waals surface area contributed by atoms with Crippen molar-refractivity contribution in [3.05, 3.63) is 42.1 Å². The second-order valence-corrected chi connectivity index (χ2v) is 3.56. The Morgan fingerprint density at radius 3 is 2.35 bits per heavy atom. The first-order valence-electron chi connectivity index (χ1n) is 4.69. The Hall–Kier alpha value is -2.51. The van der Waals surface area contributed by atoms with E-state index in [-0.39, 0.29) is 16.9 Å². The molecule has 17 heavy (non-hydrogen) atoms. The van der Waals surface area contributed by atoms with Crippen LogP contribution in [0, 0.1) is 24.0 Å². The van der Waals surface area contributed by atoms with E-state index in [0.29, 0.717) is 11.3 Å². The van der Waals surface area contributed by atoms with Crippen LogP contribution < -0.4 is 11.1 Å². The molecule has 0 bridgehead atoms. The monoisotopic (exact) mass is 236 g/mol. The van der Waals surface area contributed by atoms with Gasteiger partial charge in [-0.15, -0.1) is 0 Å². The van der Waals surface area contributed by atoms with E-state index < -0.39 is 16.0 Å². The summed E-state index contributed by atoms with van der Waals surface area (Å²) in [5, 5.41) is 10.9. The summed E-state index contributed by atoms with van der Waals surface area (Å²) in [5.74, 6) is 0. The molecular formula is C9H8N4O4. The Morgan fingerprint density at radius 1 is 1.18 bits per heavy atom. The lowest BCUT2D eigenvalue weighted by atomic mass is 10.2. The second-order valence-electron chi connectivity index (χ2n) is 3.56. The van der Waals surface area contributed by atoms with E-state index in [2.05, 4.69) is 15.0 Å². The van der Waals surface area contributed by atoms with Crippen molar-refractivity contribution >= 4 is 16.9 Å². The number of aromatic nitrogens is 3. The largest absolute Gasteiger partial charge is 0.315 e. The average molecular weight is 236 g/mol. The predicted octanol–water partition coefficient (Wildman–Crippen LogP) is 0.136. The molecule has 0 unspecified atom stereocenters. The van der Waals surface area contributed by atoms with Gasteiger partial charge in [-0.3, -0.25) is 19.7 Å². The summed E-state index contributed by atoms with van der Waals surface area (Å²) in [6.45, 7) is 3.12. The molecule has 2 aromatic heterocycles. The zero-order chi connectivity index (χ0) is 12.7. The minimum absolute atomic E-state index is 0.00407. The van der Waals surface area contributed by atoms with Crippen molar-refractivity contribution in [1.29, 1.82) is 0 Å².